The first-order valence-corrected chi connectivity index (χ1v) is 10.9. The monoisotopic (exact) mass is 510 g/mol. The second kappa shape index (κ2) is 9.37. The first kappa shape index (κ1) is 22.4. The Hall–Kier alpha value is -3.79. The summed E-state index contributed by atoms with van der Waals surface area (Å²) in [6.45, 7) is 1.78. The number of fused-ring (bicyclic) bond motifs is 1. The van der Waals surface area contributed by atoms with Crippen LogP contribution in [0, 0.1) is 17.0 Å². The number of anilines is 1. The van der Waals surface area contributed by atoms with E-state index in [9.17, 15) is 19.7 Å². The average molecular weight is 511 g/mol. The number of aryl methyl sites for hydroxylation is 1. The molecule has 4 rings (SSSR count). The molecule has 168 valence electrons. The summed E-state index contributed by atoms with van der Waals surface area (Å²) < 4.78 is 6.77. The van der Waals surface area contributed by atoms with Crippen LogP contribution in [0.5, 0.6) is 0 Å². The molecule has 1 aliphatic rings. The normalized spacial score (nSPS) is 13.9. The third-order valence-electron chi connectivity index (χ3n) is 5.25. The van der Waals surface area contributed by atoms with Crippen LogP contribution in [-0.4, -0.2) is 22.4 Å². The fourth-order valence-corrected chi connectivity index (χ4v) is 3.93. The molecule has 1 aromatic heterocycles. The maximum absolute atomic E-state index is 12.8. The topological polar surface area (TPSA) is 127 Å². The van der Waals surface area contributed by atoms with Gasteiger partial charge in [-0.05, 0) is 50.1 Å². The highest BCUT2D eigenvalue weighted by Crippen LogP contribution is 2.30. The van der Waals surface area contributed by atoms with E-state index >= 15 is 0 Å². The molecule has 2 N–H and O–H groups in total. The summed E-state index contributed by atoms with van der Waals surface area (Å²) in [6, 6.07) is 12.6. The Bertz CT molecular complexity index is 1280. The predicted molar refractivity (Wildman–Crippen MR) is 126 cm³/mol. The number of hydrazone groups is 1. The van der Waals surface area contributed by atoms with Gasteiger partial charge in [0.1, 0.15) is 5.76 Å². The summed E-state index contributed by atoms with van der Waals surface area (Å²) >= 11 is 3.36. The maximum atomic E-state index is 12.8. The highest BCUT2D eigenvalue weighted by Gasteiger charge is 2.28. The summed E-state index contributed by atoms with van der Waals surface area (Å²) in [5, 5.41) is 18.0. The summed E-state index contributed by atoms with van der Waals surface area (Å²) in [4.78, 5) is 35.6. The van der Waals surface area contributed by atoms with Crippen molar-refractivity contribution < 1.29 is 18.9 Å². The Kier molecular flexibility index (Phi) is 6.36. The van der Waals surface area contributed by atoms with E-state index in [0.29, 0.717) is 41.1 Å². The van der Waals surface area contributed by atoms with Crippen LogP contribution in [-0.2, 0) is 6.42 Å². The third-order valence-corrected chi connectivity index (χ3v) is 5.77. The number of nitrogens with zero attached hydrogens (tertiary/aromatic N) is 2. The number of nitrogens with one attached hydrogen (secondary N) is 2. The van der Waals surface area contributed by atoms with Crippen molar-refractivity contribution in [3.05, 3.63) is 91.3 Å². The molecule has 0 saturated heterocycles. The van der Waals surface area contributed by atoms with E-state index in [1.165, 1.54) is 24.3 Å². The summed E-state index contributed by atoms with van der Waals surface area (Å²) in [6.07, 6.45) is 2.00. The van der Waals surface area contributed by atoms with Crippen LogP contribution < -0.4 is 10.7 Å². The number of amides is 2. The zero-order valence-electron chi connectivity index (χ0n) is 17.6. The SMILES string of the molecule is Cc1c(C(=O)Nc2ccc(Br)cc2)oc2c1/C(=N/NC(=O)c1cccc([N+](=O)[O-])c1)CCC2. The number of halogens is 1. The maximum Gasteiger partial charge on any atom is 0.291 e. The van der Waals surface area contributed by atoms with Gasteiger partial charge < -0.3 is 9.73 Å². The van der Waals surface area contributed by atoms with Crippen LogP contribution in [0.4, 0.5) is 11.4 Å². The molecule has 1 heterocycles. The highest BCUT2D eigenvalue weighted by molar-refractivity contribution is 9.10. The number of nitro benzene ring substituents is 1. The molecule has 9 nitrogen and oxygen atoms in total. The van der Waals surface area contributed by atoms with Gasteiger partial charge in [-0.25, -0.2) is 5.43 Å². The van der Waals surface area contributed by atoms with Crippen molar-refractivity contribution >= 4 is 44.8 Å². The van der Waals surface area contributed by atoms with Crippen LogP contribution in [0.25, 0.3) is 0 Å². The summed E-state index contributed by atoms with van der Waals surface area (Å²) in [7, 11) is 0. The molecule has 2 aromatic carbocycles. The summed E-state index contributed by atoms with van der Waals surface area (Å²) in [5.41, 5.74) is 5.00. The van der Waals surface area contributed by atoms with Crippen molar-refractivity contribution in [1.82, 2.24) is 5.43 Å². The quantitative estimate of drug-likeness (QED) is 0.369. The molecule has 0 unspecified atom stereocenters. The van der Waals surface area contributed by atoms with Crippen molar-refractivity contribution in [2.24, 2.45) is 5.10 Å². The van der Waals surface area contributed by atoms with E-state index < -0.39 is 10.8 Å². The van der Waals surface area contributed by atoms with E-state index in [1.807, 2.05) is 12.1 Å². The van der Waals surface area contributed by atoms with E-state index in [2.05, 4.69) is 31.8 Å². The molecule has 0 aliphatic heterocycles. The molecule has 1 aliphatic carbocycles. The summed E-state index contributed by atoms with van der Waals surface area (Å²) in [5.74, 6) is -0.0949. The van der Waals surface area contributed by atoms with Crippen molar-refractivity contribution in [3.8, 4) is 0 Å². The largest absolute Gasteiger partial charge is 0.455 e. The van der Waals surface area contributed by atoms with Crippen molar-refractivity contribution in [2.75, 3.05) is 5.32 Å². The molecule has 2 amide bonds. The van der Waals surface area contributed by atoms with Gasteiger partial charge in [-0.2, -0.15) is 5.10 Å². The molecular weight excluding hydrogens is 492 g/mol. The standard InChI is InChI=1S/C23H19BrN4O5/c1-13-20-18(26-27-22(29)14-4-2-5-17(12-14)28(31)32)6-3-7-19(20)33-21(13)23(30)25-16-10-8-15(24)9-11-16/h2,4-5,8-12H,3,6-7H2,1H3,(H,25,30)(H,27,29)/b26-18+. The van der Waals surface area contributed by atoms with E-state index in [1.54, 1.807) is 19.1 Å². The van der Waals surface area contributed by atoms with Crippen LogP contribution in [0.15, 0.2) is 62.5 Å². The highest BCUT2D eigenvalue weighted by atomic mass is 79.9. The van der Waals surface area contributed by atoms with Crippen molar-refractivity contribution in [3.63, 3.8) is 0 Å². The van der Waals surface area contributed by atoms with E-state index in [0.717, 1.165) is 10.9 Å². The van der Waals surface area contributed by atoms with Crippen LogP contribution in [0.3, 0.4) is 0 Å². The van der Waals surface area contributed by atoms with Crippen LogP contribution >= 0.6 is 15.9 Å². The fraction of sp³-hybridized carbons (Fsp3) is 0.174. The number of carbonyl (C=O) groups excluding carboxylic acids is 2. The van der Waals surface area contributed by atoms with E-state index in [-0.39, 0.29) is 22.9 Å². The minimum atomic E-state index is -0.564. The number of carbonyl (C=O) groups is 2. The van der Waals surface area contributed by atoms with Gasteiger partial charge in [0.15, 0.2) is 5.76 Å². The number of nitro groups is 1. The Morgan fingerprint density at radius 1 is 1.12 bits per heavy atom. The van der Waals surface area contributed by atoms with Crippen molar-refractivity contribution in [1.29, 1.82) is 0 Å². The van der Waals surface area contributed by atoms with Gasteiger partial charge in [0.05, 0.1) is 10.6 Å². The fourth-order valence-electron chi connectivity index (χ4n) is 3.66. The van der Waals surface area contributed by atoms with Gasteiger partial charge in [-0.15, -0.1) is 0 Å². The molecule has 10 heteroatoms. The Morgan fingerprint density at radius 2 is 1.88 bits per heavy atom. The van der Waals surface area contributed by atoms with Gasteiger partial charge in [0.25, 0.3) is 17.5 Å². The molecular formula is C23H19BrN4O5. The van der Waals surface area contributed by atoms with Crippen molar-refractivity contribution in [2.45, 2.75) is 26.2 Å². The number of hydrogen-bond donors (Lipinski definition) is 2. The Labute approximate surface area is 197 Å². The van der Waals surface area contributed by atoms with Gasteiger partial charge in [-0.1, -0.05) is 22.0 Å². The lowest BCUT2D eigenvalue weighted by Crippen LogP contribution is -2.22. The first-order chi connectivity index (χ1) is 15.8. The second-order valence-corrected chi connectivity index (χ2v) is 8.39. The molecule has 3 aromatic rings. The minimum Gasteiger partial charge on any atom is -0.455 e. The molecule has 0 atom stereocenters. The number of furan rings is 1. The molecule has 0 saturated carbocycles. The Morgan fingerprint density at radius 3 is 2.61 bits per heavy atom. The lowest BCUT2D eigenvalue weighted by Gasteiger charge is -2.13. The Balaban J connectivity index is 1.55. The first-order valence-electron chi connectivity index (χ1n) is 10.1. The zero-order chi connectivity index (χ0) is 23.5. The molecule has 33 heavy (non-hydrogen) atoms. The van der Waals surface area contributed by atoms with Gasteiger partial charge in [-0.3, -0.25) is 19.7 Å². The van der Waals surface area contributed by atoms with Gasteiger partial charge >= 0.3 is 0 Å². The number of non-ortho nitro benzene ring substituents is 1. The molecule has 0 spiro atoms. The van der Waals surface area contributed by atoms with Crippen LogP contribution in [0.2, 0.25) is 0 Å². The second-order valence-electron chi connectivity index (χ2n) is 7.48. The van der Waals surface area contributed by atoms with Gasteiger partial charge in [0, 0.05) is 45.4 Å². The molecule has 0 bridgehead atoms. The smallest absolute Gasteiger partial charge is 0.291 e. The minimum absolute atomic E-state index is 0.128. The predicted octanol–water partition coefficient (Wildman–Crippen LogP) is 4.98. The number of benzene rings is 2. The number of hydrogen-bond acceptors (Lipinski definition) is 6. The van der Waals surface area contributed by atoms with E-state index in [4.69, 9.17) is 4.42 Å². The van der Waals surface area contributed by atoms with Gasteiger partial charge in [0.2, 0.25) is 0 Å². The lowest BCUT2D eigenvalue weighted by molar-refractivity contribution is -0.384. The van der Waals surface area contributed by atoms with Crippen LogP contribution in [0.1, 0.15) is 50.6 Å². The lowest BCUT2D eigenvalue weighted by atomic mass is 9.93. The zero-order valence-corrected chi connectivity index (χ0v) is 19.1. The third kappa shape index (κ3) is 4.85. The number of rotatable bonds is 5. The average Bonchev–Trinajstić information content (AvgIpc) is 3.16. The molecule has 0 fully saturated rings. The molecule has 0 radical (unpaired) electrons.